The Morgan fingerprint density at radius 2 is 1.96 bits per heavy atom. The number of carbonyl (C=O) groups is 2. The van der Waals surface area contributed by atoms with Gasteiger partial charge >= 0.3 is 6.09 Å². The van der Waals surface area contributed by atoms with Gasteiger partial charge in [-0.3, -0.25) is 9.69 Å². The molecule has 2 saturated heterocycles. The van der Waals surface area contributed by atoms with E-state index in [1.165, 1.54) is 17.0 Å². The van der Waals surface area contributed by atoms with E-state index in [9.17, 15) is 19.1 Å². The topological polar surface area (TPSA) is 72.9 Å². The third-order valence-corrected chi connectivity index (χ3v) is 5.22. The Balaban J connectivity index is 1.82. The summed E-state index contributed by atoms with van der Waals surface area (Å²) in [6.45, 7) is 4.45. The van der Waals surface area contributed by atoms with Gasteiger partial charge in [0.25, 0.3) is 0 Å². The van der Waals surface area contributed by atoms with Crippen molar-refractivity contribution in [2.75, 3.05) is 32.7 Å². The summed E-state index contributed by atoms with van der Waals surface area (Å²) < 4.78 is 13.4. The molecule has 3 rings (SSSR count). The van der Waals surface area contributed by atoms with Gasteiger partial charge in [-0.1, -0.05) is 6.07 Å². The molecule has 2 aliphatic heterocycles. The van der Waals surface area contributed by atoms with Crippen molar-refractivity contribution >= 4 is 12.0 Å². The predicted molar refractivity (Wildman–Crippen MR) is 90.8 cm³/mol. The Morgan fingerprint density at radius 1 is 1.24 bits per heavy atom. The van der Waals surface area contributed by atoms with Crippen LogP contribution < -0.4 is 5.32 Å². The van der Waals surface area contributed by atoms with E-state index in [4.69, 9.17) is 0 Å². The Bertz CT molecular complexity index is 661. The van der Waals surface area contributed by atoms with E-state index in [1.807, 2.05) is 0 Å². The molecular formula is C18H24FN3O3. The first-order valence-electron chi connectivity index (χ1n) is 8.72. The van der Waals surface area contributed by atoms with E-state index in [-0.39, 0.29) is 24.2 Å². The Morgan fingerprint density at radius 3 is 2.60 bits per heavy atom. The number of rotatable bonds is 2. The number of piperidine rings is 1. The van der Waals surface area contributed by atoms with Crippen LogP contribution in [0.15, 0.2) is 18.2 Å². The highest BCUT2D eigenvalue weighted by Crippen LogP contribution is 2.30. The third kappa shape index (κ3) is 3.76. The molecule has 1 aromatic rings. The fourth-order valence-corrected chi connectivity index (χ4v) is 3.82. The zero-order valence-electron chi connectivity index (χ0n) is 14.4. The SMILES string of the molecule is Cc1cc(F)ccc1[C@H]1CN(C(=O)C2CCNCC2)CCN1C(=O)O. The van der Waals surface area contributed by atoms with E-state index in [1.54, 1.807) is 17.9 Å². The lowest BCUT2D eigenvalue weighted by Crippen LogP contribution is -2.54. The van der Waals surface area contributed by atoms with Crippen LogP contribution in [0.4, 0.5) is 9.18 Å². The molecule has 2 aliphatic rings. The second-order valence-electron chi connectivity index (χ2n) is 6.80. The van der Waals surface area contributed by atoms with Crippen molar-refractivity contribution in [3.8, 4) is 0 Å². The number of nitrogens with one attached hydrogen (secondary N) is 1. The van der Waals surface area contributed by atoms with Gasteiger partial charge in [0.2, 0.25) is 5.91 Å². The molecule has 2 amide bonds. The number of nitrogens with zero attached hydrogens (tertiary/aromatic N) is 2. The number of halogens is 1. The molecule has 0 bridgehead atoms. The standard InChI is InChI=1S/C18H24FN3O3/c1-12-10-14(19)2-3-15(12)16-11-21(8-9-22(16)18(24)25)17(23)13-4-6-20-7-5-13/h2-3,10,13,16,20H,4-9,11H2,1H3,(H,24,25)/t16-/m1/s1. The summed E-state index contributed by atoms with van der Waals surface area (Å²) in [5, 5.41) is 12.8. The third-order valence-electron chi connectivity index (χ3n) is 5.22. The summed E-state index contributed by atoms with van der Waals surface area (Å²) in [6.07, 6.45) is 0.624. The van der Waals surface area contributed by atoms with Gasteiger partial charge in [-0.15, -0.1) is 0 Å². The second-order valence-corrected chi connectivity index (χ2v) is 6.80. The van der Waals surface area contributed by atoms with Gasteiger partial charge in [0.15, 0.2) is 0 Å². The van der Waals surface area contributed by atoms with E-state index < -0.39 is 12.1 Å². The summed E-state index contributed by atoms with van der Waals surface area (Å²) in [4.78, 5) is 27.6. The number of aryl methyl sites for hydroxylation is 1. The molecule has 1 atom stereocenters. The largest absolute Gasteiger partial charge is 0.465 e. The van der Waals surface area contributed by atoms with E-state index in [2.05, 4.69) is 5.32 Å². The minimum atomic E-state index is -1.01. The first kappa shape index (κ1) is 17.7. The molecule has 2 N–H and O–H groups in total. The molecule has 0 aliphatic carbocycles. The van der Waals surface area contributed by atoms with Gasteiger partial charge in [0, 0.05) is 25.6 Å². The lowest BCUT2D eigenvalue weighted by atomic mass is 9.94. The van der Waals surface area contributed by atoms with Crippen LogP contribution in [0.5, 0.6) is 0 Å². The lowest BCUT2D eigenvalue weighted by molar-refractivity contribution is -0.139. The molecular weight excluding hydrogens is 325 g/mol. The van der Waals surface area contributed by atoms with Crippen molar-refractivity contribution in [2.45, 2.75) is 25.8 Å². The number of benzene rings is 1. The number of carbonyl (C=O) groups excluding carboxylic acids is 1. The highest BCUT2D eigenvalue weighted by Gasteiger charge is 2.36. The van der Waals surface area contributed by atoms with Crippen LogP contribution >= 0.6 is 0 Å². The molecule has 0 unspecified atom stereocenters. The molecule has 0 spiro atoms. The van der Waals surface area contributed by atoms with Gasteiger partial charge in [0.1, 0.15) is 5.82 Å². The van der Waals surface area contributed by atoms with Crippen molar-refractivity contribution in [3.05, 3.63) is 35.1 Å². The monoisotopic (exact) mass is 349 g/mol. The van der Waals surface area contributed by atoms with Crippen LogP contribution in [-0.2, 0) is 4.79 Å². The Hall–Kier alpha value is -2.15. The molecule has 0 radical (unpaired) electrons. The number of hydrogen-bond donors (Lipinski definition) is 2. The van der Waals surface area contributed by atoms with Crippen molar-refractivity contribution in [1.29, 1.82) is 0 Å². The van der Waals surface area contributed by atoms with Gasteiger partial charge in [-0.25, -0.2) is 9.18 Å². The number of carboxylic acid groups (broad SMARTS) is 1. The molecule has 136 valence electrons. The minimum Gasteiger partial charge on any atom is -0.465 e. The highest BCUT2D eigenvalue weighted by atomic mass is 19.1. The van der Waals surface area contributed by atoms with Gasteiger partial charge in [0.05, 0.1) is 6.04 Å². The van der Waals surface area contributed by atoms with Crippen LogP contribution in [0.1, 0.15) is 30.0 Å². The fourth-order valence-electron chi connectivity index (χ4n) is 3.82. The molecule has 7 heteroatoms. The van der Waals surface area contributed by atoms with Crippen molar-refractivity contribution in [2.24, 2.45) is 5.92 Å². The lowest BCUT2D eigenvalue weighted by Gasteiger charge is -2.42. The maximum Gasteiger partial charge on any atom is 0.407 e. The van der Waals surface area contributed by atoms with Crippen molar-refractivity contribution in [1.82, 2.24) is 15.1 Å². The van der Waals surface area contributed by atoms with Crippen LogP contribution in [0, 0.1) is 18.7 Å². The summed E-state index contributed by atoms with van der Waals surface area (Å²) in [5.41, 5.74) is 1.46. The smallest absolute Gasteiger partial charge is 0.407 e. The molecule has 2 heterocycles. The van der Waals surface area contributed by atoms with E-state index >= 15 is 0 Å². The maximum absolute atomic E-state index is 13.4. The second kappa shape index (κ2) is 7.39. The number of amides is 2. The minimum absolute atomic E-state index is 0.00703. The van der Waals surface area contributed by atoms with Crippen LogP contribution in [0.25, 0.3) is 0 Å². The fraction of sp³-hybridized carbons (Fsp3) is 0.556. The number of hydrogen-bond acceptors (Lipinski definition) is 3. The van der Waals surface area contributed by atoms with Gasteiger partial charge in [-0.05, 0) is 56.1 Å². The zero-order chi connectivity index (χ0) is 18.0. The van der Waals surface area contributed by atoms with Crippen LogP contribution in [0.3, 0.4) is 0 Å². The number of piperazine rings is 1. The summed E-state index contributed by atoms with van der Waals surface area (Å²) in [5.74, 6) is -0.231. The van der Waals surface area contributed by atoms with Crippen molar-refractivity contribution in [3.63, 3.8) is 0 Å². The van der Waals surface area contributed by atoms with E-state index in [0.717, 1.165) is 31.5 Å². The molecule has 25 heavy (non-hydrogen) atoms. The predicted octanol–water partition coefficient (Wildman–Crippen LogP) is 2.00. The molecule has 6 nitrogen and oxygen atoms in total. The average Bonchev–Trinajstić information content (AvgIpc) is 2.61. The molecule has 1 aromatic carbocycles. The van der Waals surface area contributed by atoms with Crippen LogP contribution in [-0.4, -0.2) is 59.6 Å². The highest BCUT2D eigenvalue weighted by molar-refractivity contribution is 5.79. The molecule has 2 fully saturated rings. The van der Waals surface area contributed by atoms with Crippen LogP contribution in [0.2, 0.25) is 0 Å². The average molecular weight is 349 g/mol. The quantitative estimate of drug-likeness (QED) is 0.857. The summed E-state index contributed by atoms with van der Waals surface area (Å²) >= 11 is 0. The normalized spacial score (nSPS) is 22.1. The molecule has 0 aromatic heterocycles. The first-order valence-corrected chi connectivity index (χ1v) is 8.72. The van der Waals surface area contributed by atoms with Gasteiger partial charge in [-0.2, -0.15) is 0 Å². The Labute approximate surface area is 146 Å². The van der Waals surface area contributed by atoms with Gasteiger partial charge < -0.3 is 15.3 Å². The van der Waals surface area contributed by atoms with Crippen molar-refractivity contribution < 1.29 is 19.1 Å². The zero-order valence-corrected chi connectivity index (χ0v) is 14.4. The summed E-state index contributed by atoms with van der Waals surface area (Å²) in [6, 6.07) is 3.92. The Kier molecular flexibility index (Phi) is 5.22. The van der Waals surface area contributed by atoms with E-state index in [0.29, 0.717) is 18.7 Å². The molecule has 0 saturated carbocycles. The summed E-state index contributed by atoms with van der Waals surface area (Å²) in [7, 11) is 0. The first-order chi connectivity index (χ1) is 12.0. The maximum atomic E-state index is 13.4.